The van der Waals surface area contributed by atoms with Crippen molar-refractivity contribution in [3.05, 3.63) is 59.1 Å². The van der Waals surface area contributed by atoms with Crippen LogP contribution in [0.2, 0.25) is 5.02 Å². The maximum absolute atomic E-state index is 12.5. The van der Waals surface area contributed by atoms with Crippen LogP contribution < -0.4 is 14.4 Å². The van der Waals surface area contributed by atoms with Crippen molar-refractivity contribution in [3.8, 4) is 5.75 Å². The van der Waals surface area contributed by atoms with E-state index in [0.29, 0.717) is 10.7 Å². The molecule has 0 unspecified atom stereocenters. The van der Waals surface area contributed by atoms with Gasteiger partial charge in [0.1, 0.15) is 18.4 Å². The molecule has 0 aliphatic heterocycles. The van der Waals surface area contributed by atoms with Crippen LogP contribution in [0, 0.1) is 0 Å². The summed E-state index contributed by atoms with van der Waals surface area (Å²) in [4.78, 5) is 12.5. The summed E-state index contributed by atoms with van der Waals surface area (Å²) in [6.07, 6.45) is 2.01. The first-order valence-electron chi connectivity index (χ1n) is 8.96. The highest BCUT2D eigenvalue weighted by atomic mass is 35.5. The van der Waals surface area contributed by atoms with Crippen LogP contribution in [0.15, 0.2) is 48.5 Å². The Bertz CT molecular complexity index is 901. The van der Waals surface area contributed by atoms with Gasteiger partial charge in [-0.1, -0.05) is 36.7 Å². The number of benzene rings is 2. The minimum absolute atomic E-state index is 0.256. The van der Waals surface area contributed by atoms with Crippen molar-refractivity contribution in [2.45, 2.75) is 26.3 Å². The molecule has 0 spiro atoms. The first kappa shape index (κ1) is 22.0. The van der Waals surface area contributed by atoms with E-state index in [9.17, 15) is 13.2 Å². The molecule has 0 radical (unpaired) electrons. The lowest BCUT2D eigenvalue weighted by atomic mass is 10.2. The molecular formula is C20H25ClN2O4S. The van der Waals surface area contributed by atoms with Gasteiger partial charge in [-0.15, -0.1) is 0 Å². The first-order valence-corrected chi connectivity index (χ1v) is 11.2. The number of hydrogen-bond donors (Lipinski definition) is 1. The Morgan fingerprint density at radius 3 is 2.46 bits per heavy atom. The van der Waals surface area contributed by atoms with E-state index < -0.39 is 22.0 Å². The van der Waals surface area contributed by atoms with Gasteiger partial charge in [0.15, 0.2) is 0 Å². The third-order valence-electron chi connectivity index (χ3n) is 4.15. The molecule has 0 saturated heterocycles. The highest BCUT2D eigenvalue weighted by molar-refractivity contribution is 7.92. The van der Waals surface area contributed by atoms with Crippen LogP contribution in [0.1, 0.15) is 19.4 Å². The first-order chi connectivity index (χ1) is 13.2. The standard InChI is InChI=1S/C20H25ClN2O4S/c1-4-16-8-10-19(11-9-16)27-13-12-22-20(24)15(2)23(28(3,25)26)18-7-5-6-17(21)14-18/h5-11,14-15H,4,12-13H2,1-3H3,(H,22,24)/t15-/m0/s1. The number of nitrogens with zero attached hydrogens (tertiary/aromatic N) is 1. The van der Waals surface area contributed by atoms with E-state index in [0.717, 1.165) is 22.7 Å². The van der Waals surface area contributed by atoms with E-state index in [1.54, 1.807) is 18.2 Å². The van der Waals surface area contributed by atoms with Gasteiger partial charge < -0.3 is 10.1 Å². The van der Waals surface area contributed by atoms with Crippen LogP contribution in [0.4, 0.5) is 5.69 Å². The van der Waals surface area contributed by atoms with Gasteiger partial charge >= 0.3 is 0 Å². The summed E-state index contributed by atoms with van der Waals surface area (Å²) in [6, 6.07) is 13.2. The second-order valence-electron chi connectivity index (χ2n) is 6.35. The lowest BCUT2D eigenvalue weighted by Gasteiger charge is -2.28. The number of hydrogen-bond acceptors (Lipinski definition) is 4. The second-order valence-corrected chi connectivity index (χ2v) is 8.65. The van der Waals surface area contributed by atoms with Gasteiger partial charge in [0.25, 0.3) is 0 Å². The lowest BCUT2D eigenvalue weighted by molar-refractivity contribution is -0.121. The van der Waals surface area contributed by atoms with Crippen molar-refractivity contribution in [2.24, 2.45) is 0 Å². The zero-order chi connectivity index (χ0) is 20.7. The van der Waals surface area contributed by atoms with Crippen molar-refractivity contribution < 1.29 is 17.9 Å². The fourth-order valence-electron chi connectivity index (χ4n) is 2.73. The molecule has 28 heavy (non-hydrogen) atoms. The Hall–Kier alpha value is -2.25. The molecule has 2 rings (SSSR count). The summed E-state index contributed by atoms with van der Waals surface area (Å²) in [5.41, 5.74) is 1.56. The molecular weight excluding hydrogens is 400 g/mol. The molecule has 0 fully saturated rings. The van der Waals surface area contributed by atoms with Gasteiger partial charge in [0.05, 0.1) is 18.5 Å². The average molecular weight is 425 g/mol. The molecule has 0 bridgehead atoms. The maximum Gasteiger partial charge on any atom is 0.243 e. The van der Waals surface area contributed by atoms with Crippen LogP contribution in [-0.4, -0.2) is 39.8 Å². The Morgan fingerprint density at radius 1 is 1.21 bits per heavy atom. The third kappa shape index (κ3) is 6.14. The number of sulfonamides is 1. The Morgan fingerprint density at radius 2 is 1.89 bits per heavy atom. The number of carbonyl (C=O) groups is 1. The summed E-state index contributed by atoms with van der Waals surface area (Å²) in [7, 11) is -3.68. The highest BCUT2D eigenvalue weighted by Gasteiger charge is 2.29. The Labute approximate surface area is 171 Å². The highest BCUT2D eigenvalue weighted by Crippen LogP contribution is 2.24. The van der Waals surface area contributed by atoms with Gasteiger partial charge in [-0.25, -0.2) is 8.42 Å². The molecule has 1 amide bonds. The van der Waals surface area contributed by atoms with E-state index >= 15 is 0 Å². The molecule has 2 aromatic rings. The monoisotopic (exact) mass is 424 g/mol. The van der Waals surface area contributed by atoms with Crippen molar-refractivity contribution >= 4 is 33.2 Å². The van der Waals surface area contributed by atoms with E-state index in [4.69, 9.17) is 16.3 Å². The number of aryl methyl sites for hydroxylation is 1. The van der Waals surface area contributed by atoms with Crippen LogP contribution in [0.3, 0.4) is 0 Å². The molecule has 2 aromatic carbocycles. The van der Waals surface area contributed by atoms with E-state index in [1.165, 1.54) is 18.6 Å². The van der Waals surface area contributed by atoms with Crippen LogP contribution in [0.25, 0.3) is 0 Å². The maximum atomic E-state index is 12.5. The number of rotatable bonds is 9. The summed E-state index contributed by atoms with van der Waals surface area (Å²) >= 11 is 5.96. The number of nitrogens with one attached hydrogen (secondary N) is 1. The molecule has 8 heteroatoms. The summed E-state index contributed by atoms with van der Waals surface area (Å²) in [6.45, 7) is 4.14. The Kier molecular flexibility index (Phi) is 7.71. The number of ether oxygens (including phenoxy) is 1. The minimum atomic E-state index is -3.68. The predicted octanol–water partition coefficient (Wildman–Crippen LogP) is 3.25. The van der Waals surface area contributed by atoms with E-state index in [-0.39, 0.29) is 13.2 Å². The normalized spacial score (nSPS) is 12.3. The van der Waals surface area contributed by atoms with E-state index in [1.807, 2.05) is 24.3 Å². The summed E-state index contributed by atoms with van der Waals surface area (Å²) in [5, 5.41) is 3.10. The quantitative estimate of drug-likeness (QED) is 0.627. The molecule has 1 atom stereocenters. The molecule has 6 nitrogen and oxygen atoms in total. The van der Waals surface area contributed by atoms with Gasteiger partial charge in [-0.3, -0.25) is 9.10 Å². The lowest BCUT2D eigenvalue weighted by Crippen LogP contribution is -2.48. The zero-order valence-corrected chi connectivity index (χ0v) is 17.8. The number of amides is 1. The fraction of sp³-hybridized carbons (Fsp3) is 0.350. The van der Waals surface area contributed by atoms with Gasteiger partial charge in [-0.2, -0.15) is 0 Å². The molecule has 152 valence electrons. The molecule has 0 aromatic heterocycles. The summed E-state index contributed by atoms with van der Waals surface area (Å²) < 4.78 is 31.1. The largest absolute Gasteiger partial charge is 0.492 e. The van der Waals surface area contributed by atoms with Crippen molar-refractivity contribution in [2.75, 3.05) is 23.7 Å². The number of carbonyl (C=O) groups excluding carboxylic acids is 1. The smallest absolute Gasteiger partial charge is 0.243 e. The van der Waals surface area contributed by atoms with Gasteiger partial charge in [-0.05, 0) is 49.2 Å². The van der Waals surface area contributed by atoms with Crippen molar-refractivity contribution in [3.63, 3.8) is 0 Å². The zero-order valence-electron chi connectivity index (χ0n) is 16.2. The van der Waals surface area contributed by atoms with Crippen molar-refractivity contribution in [1.82, 2.24) is 5.32 Å². The fourth-order valence-corrected chi connectivity index (χ4v) is 4.09. The third-order valence-corrected chi connectivity index (χ3v) is 5.63. The molecule has 0 aliphatic rings. The molecule has 0 heterocycles. The SMILES string of the molecule is CCc1ccc(OCCNC(=O)[C@H](C)N(c2cccc(Cl)c2)S(C)(=O)=O)cc1. The topological polar surface area (TPSA) is 75.7 Å². The predicted molar refractivity (Wildman–Crippen MR) is 113 cm³/mol. The van der Waals surface area contributed by atoms with Gasteiger partial charge in [0.2, 0.25) is 15.9 Å². The van der Waals surface area contributed by atoms with Crippen molar-refractivity contribution in [1.29, 1.82) is 0 Å². The van der Waals surface area contributed by atoms with Crippen LogP contribution >= 0.6 is 11.6 Å². The molecule has 0 aliphatic carbocycles. The number of halogens is 1. The second kappa shape index (κ2) is 9.80. The van der Waals surface area contributed by atoms with Crippen LogP contribution in [0.5, 0.6) is 5.75 Å². The average Bonchev–Trinajstić information content (AvgIpc) is 2.64. The van der Waals surface area contributed by atoms with E-state index in [2.05, 4.69) is 12.2 Å². The Balaban J connectivity index is 1.95. The minimum Gasteiger partial charge on any atom is -0.492 e. The van der Waals surface area contributed by atoms with Gasteiger partial charge in [0, 0.05) is 5.02 Å². The summed E-state index contributed by atoms with van der Waals surface area (Å²) in [5.74, 6) is 0.298. The number of anilines is 1. The molecule has 0 saturated carbocycles. The van der Waals surface area contributed by atoms with Crippen LogP contribution in [-0.2, 0) is 21.2 Å². The molecule has 1 N–H and O–H groups in total.